The Morgan fingerprint density at radius 1 is 0.256 bits per heavy atom. The van der Waals surface area contributed by atoms with E-state index in [0.717, 1.165) is 109 Å². The summed E-state index contributed by atoms with van der Waals surface area (Å²) in [5.41, 5.74) is 0. The van der Waals surface area contributed by atoms with Gasteiger partial charge in [-0.15, -0.1) is 0 Å². The normalized spacial score (nSPS) is 12.6. The Bertz CT molecular complexity index is 1550. The predicted molar refractivity (Wildman–Crippen MR) is 358 cm³/mol. The van der Waals surface area contributed by atoms with Crippen LogP contribution in [-0.4, -0.2) is 37.2 Å². The lowest BCUT2D eigenvalue weighted by molar-refractivity contribution is -0.167. The third kappa shape index (κ3) is 67.4. The molecule has 0 spiro atoms. The fourth-order valence-corrected chi connectivity index (χ4v) is 10.3. The number of hydrogen-bond acceptors (Lipinski definition) is 6. The summed E-state index contributed by atoms with van der Waals surface area (Å²) in [4.78, 5) is 38.3. The highest BCUT2D eigenvalue weighted by molar-refractivity contribution is 5.71. The highest BCUT2D eigenvalue weighted by Gasteiger charge is 2.19. The van der Waals surface area contributed by atoms with Crippen LogP contribution in [0.3, 0.4) is 0 Å². The van der Waals surface area contributed by atoms with E-state index in [1.54, 1.807) is 0 Å². The van der Waals surface area contributed by atoms with Crippen molar-refractivity contribution >= 4 is 17.9 Å². The molecule has 0 aliphatic heterocycles. The van der Waals surface area contributed by atoms with Gasteiger partial charge >= 0.3 is 17.9 Å². The van der Waals surface area contributed by atoms with E-state index in [0.29, 0.717) is 19.3 Å². The molecule has 0 aliphatic rings. The quantitative estimate of drug-likeness (QED) is 0.0261. The highest BCUT2D eigenvalue weighted by atomic mass is 16.6. The zero-order chi connectivity index (χ0) is 59.2. The summed E-state index contributed by atoms with van der Waals surface area (Å²) >= 11 is 0. The van der Waals surface area contributed by atoms with Crippen molar-refractivity contribution in [3.8, 4) is 0 Å². The Labute approximate surface area is 509 Å². The molecule has 0 aromatic carbocycles. The van der Waals surface area contributed by atoms with Crippen LogP contribution >= 0.6 is 0 Å². The summed E-state index contributed by atoms with van der Waals surface area (Å²) in [6.07, 6.45) is 93.5. The van der Waals surface area contributed by atoms with Crippen LogP contribution in [0.1, 0.15) is 361 Å². The molecule has 0 rings (SSSR count). The molecule has 1 unspecified atom stereocenters. The van der Waals surface area contributed by atoms with Gasteiger partial charge in [-0.3, -0.25) is 14.4 Å². The highest BCUT2D eigenvalue weighted by Crippen LogP contribution is 2.18. The predicted octanol–water partition coefficient (Wildman–Crippen LogP) is 24.6. The molecule has 1 atom stereocenters. The monoisotopic (exact) mass is 1140 g/mol. The molecule has 0 saturated heterocycles. The van der Waals surface area contributed by atoms with Crippen LogP contribution in [0.4, 0.5) is 0 Å². The average molecular weight is 1140 g/mol. The van der Waals surface area contributed by atoms with Gasteiger partial charge in [0.1, 0.15) is 13.2 Å². The number of carbonyl (C=O) groups excluding carboxylic acids is 3. The molecule has 6 nitrogen and oxygen atoms in total. The zero-order valence-corrected chi connectivity index (χ0v) is 54.5. The van der Waals surface area contributed by atoms with Crippen molar-refractivity contribution in [2.75, 3.05) is 13.2 Å². The first kappa shape index (κ1) is 78.6. The number of unbranched alkanes of at least 4 members (excludes halogenated alkanes) is 40. The fourth-order valence-electron chi connectivity index (χ4n) is 10.3. The van der Waals surface area contributed by atoms with Crippen molar-refractivity contribution in [3.05, 3.63) is 85.1 Å². The van der Waals surface area contributed by atoms with Gasteiger partial charge in [-0.1, -0.05) is 311 Å². The van der Waals surface area contributed by atoms with Crippen molar-refractivity contribution in [2.24, 2.45) is 0 Å². The molecule has 0 saturated carbocycles. The second-order valence-electron chi connectivity index (χ2n) is 23.8. The standard InChI is InChI=1S/C76H134O6/c1-4-7-10-13-16-19-22-25-27-29-30-31-32-33-34-35-36-37-38-39-40-41-42-43-44-45-46-48-49-51-54-57-60-63-66-69-75(78)81-72-73(71-80-74(77)68-65-62-59-56-53-24-21-18-15-12-9-6-3)82-76(79)70-67-64-61-58-55-52-50-47-28-26-23-20-17-14-11-8-5-2/h8,11,17-18,20-22,25-26,28-30,50,52,73H,4-7,9-10,12-16,19,23-24,27,31-49,51,53-72H2,1-3H3/b11-8-,20-17-,21-18-,25-22-,28-26-,30-29-,52-50-. The minimum atomic E-state index is -0.792. The van der Waals surface area contributed by atoms with Crippen molar-refractivity contribution < 1.29 is 28.6 Å². The van der Waals surface area contributed by atoms with Crippen molar-refractivity contribution in [1.29, 1.82) is 0 Å². The molecule has 474 valence electrons. The van der Waals surface area contributed by atoms with Crippen LogP contribution in [0.2, 0.25) is 0 Å². The maximum Gasteiger partial charge on any atom is 0.306 e. The SMILES string of the molecule is CC/C=C\C/C=C\C/C=C\C/C=C\CCCCCCC(=O)OC(COC(=O)CCCCCCC/C=C\CCCCC)COC(=O)CCCCCCCCCCCCCCCCCCCCCCCCC/C=C\C/C=C\CCCCCCC. The first-order valence-electron chi connectivity index (χ1n) is 35.6. The van der Waals surface area contributed by atoms with E-state index in [9.17, 15) is 14.4 Å². The largest absolute Gasteiger partial charge is 0.462 e. The third-order valence-corrected chi connectivity index (χ3v) is 15.6. The topological polar surface area (TPSA) is 78.9 Å². The van der Waals surface area contributed by atoms with E-state index in [1.165, 1.54) is 212 Å². The minimum Gasteiger partial charge on any atom is -0.462 e. The minimum absolute atomic E-state index is 0.0860. The summed E-state index contributed by atoms with van der Waals surface area (Å²) in [5, 5.41) is 0. The number of hydrogen-bond donors (Lipinski definition) is 0. The summed E-state index contributed by atoms with van der Waals surface area (Å²) < 4.78 is 16.9. The second-order valence-corrected chi connectivity index (χ2v) is 23.8. The van der Waals surface area contributed by atoms with Crippen molar-refractivity contribution in [3.63, 3.8) is 0 Å². The number of carbonyl (C=O) groups is 3. The first-order valence-corrected chi connectivity index (χ1v) is 35.6. The second kappa shape index (κ2) is 70.1. The van der Waals surface area contributed by atoms with E-state index in [4.69, 9.17) is 14.2 Å². The molecule has 0 aliphatic carbocycles. The maximum atomic E-state index is 12.9. The van der Waals surface area contributed by atoms with E-state index in [1.807, 2.05) is 0 Å². The molecule has 6 heteroatoms. The van der Waals surface area contributed by atoms with E-state index >= 15 is 0 Å². The van der Waals surface area contributed by atoms with Gasteiger partial charge in [-0.05, 0) is 116 Å². The number of esters is 3. The Hall–Kier alpha value is -3.41. The van der Waals surface area contributed by atoms with Gasteiger partial charge in [-0.2, -0.15) is 0 Å². The first-order chi connectivity index (χ1) is 40.5. The Kier molecular flexibility index (Phi) is 67.2. The van der Waals surface area contributed by atoms with Crippen LogP contribution in [0.5, 0.6) is 0 Å². The summed E-state index contributed by atoms with van der Waals surface area (Å²) in [5.74, 6) is -0.904. The van der Waals surface area contributed by atoms with Crippen molar-refractivity contribution in [1.82, 2.24) is 0 Å². The van der Waals surface area contributed by atoms with Gasteiger partial charge in [-0.25, -0.2) is 0 Å². The smallest absolute Gasteiger partial charge is 0.306 e. The molecule has 0 amide bonds. The molecule has 0 aromatic heterocycles. The van der Waals surface area contributed by atoms with Gasteiger partial charge in [0, 0.05) is 19.3 Å². The van der Waals surface area contributed by atoms with Crippen LogP contribution < -0.4 is 0 Å². The summed E-state index contributed by atoms with van der Waals surface area (Å²) in [6, 6.07) is 0. The van der Waals surface area contributed by atoms with Crippen LogP contribution in [0.25, 0.3) is 0 Å². The number of allylic oxidation sites excluding steroid dienone is 14. The molecule has 0 N–H and O–H groups in total. The molecule has 0 radical (unpaired) electrons. The van der Waals surface area contributed by atoms with Crippen LogP contribution in [-0.2, 0) is 28.6 Å². The molecule has 82 heavy (non-hydrogen) atoms. The molecule has 0 fully saturated rings. The fraction of sp³-hybridized carbons (Fsp3) is 0.776. The van der Waals surface area contributed by atoms with Gasteiger partial charge in [0.15, 0.2) is 6.10 Å². The Morgan fingerprint density at radius 3 is 0.780 bits per heavy atom. The van der Waals surface area contributed by atoms with Crippen LogP contribution in [0, 0.1) is 0 Å². The average Bonchev–Trinajstić information content (AvgIpc) is 3.47. The Morgan fingerprint density at radius 2 is 0.476 bits per heavy atom. The molecule has 0 aromatic rings. The molecular weight excluding hydrogens is 1010 g/mol. The van der Waals surface area contributed by atoms with E-state index < -0.39 is 6.10 Å². The lowest BCUT2D eigenvalue weighted by atomic mass is 10.0. The van der Waals surface area contributed by atoms with Crippen molar-refractivity contribution in [2.45, 2.75) is 367 Å². The number of rotatable bonds is 65. The van der Waals surface area contributed by atoms with Gasteiger partial charge in [0.25, 0.3) is 0 Å². The molecule has 0 heterocycles. The number of ether oxygens (including phenoxy) is 3. The molecule has 0 bridgehead atoms. The lowest BCUT2D eigenvalue weighted by Gasteiger charge is -2.18. The summed E-state index contributed by atoms with van der Waals surface area (Å²) in [6.45, 7) is 6.50. The molecular formula is C76H134O6. The third-order valence-electron chi connectivity index (χ3n) is 15.6. The Balaban J connectivity index is 4.10. The van der Waals surface area contributed by atoms with Gasteiger partial charge in [0.2, 0.25) is 0 Å². The van der Waals surface area contributed by atoms with E-state index in [-0.39, 0.29) is 31.1 Å². The summed E-state index contributed by atoms with van der Waals surface area (Å²) in [7, 11) is 0. The lowest BCUT2D eigenvalue weighted by Crippen LogP contribution is -2.30. The zero-order valence-electron chi connectivity index (χ0n) is 54.5. The van der Waals surface area contributed by atoms with Crippen LogP contribution in [0.15, 0.2) is 85.1 Å². The van der Waals surface area contributed by atoms with E-state index in [2.05, 4.69) is 106 Å². The van der Waals surface area contributed by atoms with Gasteiger partial charge < -0.3 is 14.2 Å². The van der Waals surface area contributed by atoms with Gasteiger partial charge in [0.05, 0.1) is 0 Å². The maximum absolute atomic E-state index is 12.9.